The average molecular weight is 285 g/mol. The van der Waals surface area contributed by atoms with Crippen LogP contribution in [0.5, 0.6) is 0 Å². The van der Waals surface area contributed by atoms with Crippen molar-refractivity contribution in [3.63, 3.8) is 0 Å². The second-order valence-corrected chi connectivity index (χ2v) is 7.06. The Morgan fingerprint density at radius 3 is 1.65 bits per heavy atom. The number of rotatable bonds is 12. The van der Waals surface area contributed by atoms with Gasteiger partial charge in [0, 0.05) is 12.1 Å². The normalized spacial score (nSPS) is 15.3. The van der Waals surface area contributed by atoms with Crippen molar-refractivity contribution in [3.8, 4) is 0 Å². The lowest BCUT2D eigenvalue weighted by atomic mass is 9.97. The molecule has 20 heavy (non-hydrogen) atoms. The van der Waals surface area contributed by atoms with Crippen molar-refractivity contribution >= 4 is 0 Å². The number of likely N-dealkylation sites (N-methyl/N-ethyl adjacent to an activating group) is 1. The van der Waals surface area contributed by atoms with Crippen LogP contribution in [0.1, 0.15) is 73.6 Å². The minimum Gasteiger partial charge on any atom is -0.315 e. The van der Waals surface area contributed by atoms with E-state index in [1.807, 2.05) is 0 Å². The van der Waals surface area contributed by atoms with Crippen molar-refractivity contribution < 1.29 is 0 Å². The highest BCUT2D eigenvalue weighted by atomic mass is 15.2. The van der Waals surface area contributed by atoms with Crippen molar-refractivity contribution in [2.45, 2.75) is 85.7 Å². The van der Waals surface area contributed by atoms with Gasteiger partial charge in [-0.25, -0.2) is 0 Å². The monoisotopic (exact) mass is 284 g/mol. The van der Waals surface area contributed by atoms with E-state index in [1.54, 1.807) is 0 Å². The summed E-state index contributed by atoms with van der Waals surface area (Å²) in [6.07, 6.45) is 6.44. The molecule has 0 rings (SSSR count). The van der Waals surface area contributed by atoms with Crippen LogP contribution in [0, 0.1) is 11.8 Å². The molecule has 2 heteroatoms. The van der Waals surface area contributed by atoms with Crippen LogP contribution < -0.4 is 5.32 Å². The maximum Gasteiger partial charge on any atom is 0.0246 e. The van der Waals surface area contributed by atoms with E-state index in [1.165, 1.54) is 45.2 Å². The summed E-state index contributed by atoms with van der Waals surface area (Å²) in [6, 6.07) is 1.33. The third-order valence-corrected chi connectivity index (χ3v) is 4.31. The minimum atomic E-state index is 0.643. The summed E-state index contributed by atoms with van der Waals surface area (Å²) in [4.78, 5) is 2.76. The molecule has 1 N–H and O–H groups in total. The van der Waals surface area contributed by atoms with Gasteiger partial charge in [-0.2, -0.15) is 0 Å². The van der Waals surface area contributed by atoms with E-state index in [4.69, 9.17) is 0 Å². The predicted molar refractivity (Wildman–Crippen MR) is 92.3 cm³/mol. The maximum atomic E-state index is 3.57. The Morgan fingerprint density at radius 2 is 1.35 bits per heavy atom. The minimum absolute atomic E-state index is 0.643. The van der Waals surface area contributed by atoms with Gasteiger partial charge in [-0.1, -0.05) is 48.0 Å². The summed E-state index contributed by atoms with van der Waals surface area (Å²) in [6.45, 7) is 16.5. The van der Waals surface area contributed by atoms with Gasteiger partial charge in [-0.05, 0) is 57.7 Å². The molecule has 2 atom stereocenters. The standard InChI is InChI=1S/C18H40N2/c1-8-10-17(19-7)18(9-2)20(13-11-15(3)4)14-12-16(5)6/h15-19H,8-14H2,1-7H3. The molecule has 0 bridgehead atoms. The van der Waals surface area contributed by atoms with E-state index in [2.05, 4.69) is 58.8 Å². The van der Waals surface area contributed by atoms with Crippen LogP contribution in [0.2, 0.25) is 0 Å². The summed E-state index contributed by atoms with van der Waals surface area (Å²) in [5.74, 6) is 1.60. The number of hydrogen-bond acceptors (Lipinski definition) is 2. The Hall–Kier alpha value is -0.0800. The Morgan fingerprint density at radius 1 is 0.850 bits per heavy atom. The van der Waals surface area contributed by atoms with Crippen LogP contribution >= 0.6 is 0 Å². The van der Waals surface area contributed by atoms with Gasteiger partial charge in [0.05, 0.1) is 0 Å². The highest BCUT2D eigenvalue weighted by Crippen LogP contribution is 2.17. The molecule has 0 saturated heterocycles. The molecule has 0 aromatic heterocycles. The molecule has 0 amide bonds. The quantitative estimate of drug-likeness (QED) is 0.566. The van der Waals surface area contributed by atoms with Crippen molar-refractivity contribution in [1.82, 2.24) is 10.2 Å². The molecule has 0 aromatic rings. The molecule has 0 heterocycles. The van der Waals surface area contributed by atoms with Gasteiger partial charge < -0.3 is 5.32 Å². The van der Waals surface area contributed by atoms with Gasteiger partial charge in [0.25, 0.3) is 0 Å². The van der Waals surface area contributed by atoms with Crippen LogP contribution in [0.15, 0.2) is 0 Å². The van der Waals surface area contributed by atoms with E-state index in [0.717, 1.165) is 11.8 Å². The summed E-state index contributed by atoms with van der Waals surface area (Å²) in [5.41, 5.74) is 0. The molecule has 2 unspecified atom stereocenters. The first kappa shape index (κ1) is 19.9. The van der Waals surface area contributed by atoms with Gasteiger partial charge in [0.1, 0.15) is 0 Å². The highest BCUT2D eigenvalue weighted by Gasteiger charge is 2.24. The molecule has 0 aromatic carbocycles. The SMILES string of the molecule is CCCC(NC)C(CC)N(CCC(C)C)CCC(C)C. The first-order valence-electron chi connectivity index (χ1n) is 8.87. The van der Waals surface area contributed by atoms with Gasteiger partial charge in [0.15, 0.2) is 0 Å². The fraction of sp³-hybridized carbons (Fsp3) is 1.00. The van der Waals surface area contributed by atoms with Gasteiger partial charge >= 0.3 is 0 Å². The van der Waals surface area contributed by atoms with E-state index in [0.29, 0.717) is 12.1 Å². The zero-order valence-electron chi connectivity index (χ0n) is 15.2. The smallest absolute Gasteiger partial charge is 0.0246 e. The largest absolute Gasteiger partial charge is 0.315 e. The summed E-state index contributed by atoms with van der Waals surface area (Å²) in [5, 5.41) is 3.57. The lowest BCUT2D eigenvalue weighted by Gasteiger charge is -2.37. The highest BCUT2D eigenvalue weighted by molar-refractivity contribution is 4.83. The first-order valence-corrected chi connectivity index (χ1v) is 8.87. The molecule has 122 valence electrons. The third kappa shape index (κ3) is 8.26. The summed E-state index contributed by atoms with van der Waals surface area (Å²) < 4.78 is 0. The Bertz CT molecular complexity index is 201. The summed E-state index contributed by atoms with van der Waals surface area (Å²) in [7, 11) is 2.13. The van der Waals surface area contributed by atoms with Crippen molar-refractivity contribution in [3.05, 3.63) is 0 Å². The molecule has 0 fully saturated rings. The van der Waals surface area contributed by atoms with E-state index < -0.39 is 0 Å². The van der Waals surface area contributed by atoms with Crippen LogP contribution in [0.4, 0.5) is 0 Å². The topological polar surface area (TPSA) is 15.3 Å². The van der Waals surface area contributed by atoms with Gasteiger partial charge in [0.2, 0.25) is 0 Å². The molecule has 0 aliphatic rings. The maximum absolute atomic E-state index is 3.57. The zero-order valence-corrected chi connectivity index (χ0v) is 15.2. The van der Waals surface area contributed by atoms with Gasteiger partial charge in [-0.15, -0.1) is 0 Å². The fourth-order valence-electron chi connectivity index (χ4n) is 2.93. The Labute approximate surface area is 128 Å². The fourth-order valence-corrected chi connectivity index (χ4v) is 2.93. The molecular weight excluding hydrogens is 244 g/mol. The Balaban J connectivity index is 4.71. The molecule has 0 radical (unpaired) electrons. The van der Waals surface area contributed by atoms with Crippen molar-refractivity contribution in [1.29, 1.82) is 0 Å². The number of nitrogens with zero attached hydrogens (tertiary/aromatic N) is 1. The molecule has 0 saturated carbocycles. The zero-order chi connectivity index (χ0) is 15.5. The van der Waals surface area contributed by atoms with Crippen molar-refractivity contribution in [2.75, 3.05) is 20.1 Å². The van der Waals surface area contributed by atoms with Crippen LogP contribution in [0.3, 0.4) is 0 Å². The van der Waals surface area contributed by atoms with E-state index in [9.17, 15) is 0 Å². The molecule has 0 aliphatic carbocycles. The van der Waals surface area contributed by atoms with E-state index in [-0.39, 0.29) is 0 Å². The first-order chi connectivity index (χ1) is 9.46. The van der Waals surface area contributed by atoms with Crippen LogP contribution in [0.25, 0.3) is 0 Å². The van der Waals surface area contributed by atoms with Gasteiger partial charge in [-0.3, -0.25) is 4.90 Å². The molecule has 0 spiro atoms. The number of hydrogen-bond donors (Lipinski definition) is 1. The predicted octanol–water partition coefficient (Wildman–Crippen LogP) is 4.55. The second kappa shape index (κ2) is 11.6. The van der Waals surface area contributed by atoms with E-state index >= 15 is 0 Å². The lowest BCUT2D eigenvalue weighted by molar-refractivity contribution is 0.135. The third-order valence-electron chi connectivity index (χ3n) is 4.31. The van der Waals surface area contributed by atoms with Crippen molar-refractivity contribution in [2.24, 2.45) is 11.8 Å². The molecular formula is C18H40N2. The average Bonchev–Trinajstić information content (AvgIpc) is 2.39. The second-order valence-electron chi connectivity index (χ2n) is 7.06. The lowest BCUT2D eigenvalue weighted by Crippen LogP contribution is -2.49. The number of nitrogens with one attached hydrogen (secondary N) is 1. The van der Waals surface area contributed by atoms with Crippen LogP contribution in [-0.4, -0.2) is 37.1 Å². The Kier molecular flexibility index (Phi) is 11.5. The molecule has 2 nitrogen and oxygen atoms in total. The van der Waals surface area contributed by atoms with Crippen LogP contribution in [-0.2, 0) is 0 Å². The molecule has 0 aliphatic heterocycles. The summed E-state index contributed by atoms with van der Waals surface area (Å²) >= 11 is 0.